The summed E-state index contributed by atoms with van der Waals surface area (Å²) in [4.78, 5) is 37.6. The van der Waals surface area contributed by atoms with Crippen LogP contribution in [-0.2, 0) is 9.59 Å². The highest BCUT2D eigenvalue weighted by atomic mass is 32.1. The van der Waals surface area contributed by atoms with Crippen LogP contribution in [0.25, 0.3) is 0 Å². The van der Waals surface area contributed by atoms with Gasteiger partial charge >= 0.3 is 0 Å². The molecule has 1 aliphatic heterocycles. The van der Waals surface area contributed by atoms with E-state index in [1.807, 2.05) is 0 Å². The molecule has 0 atom stereocenters. The van der Waals surface area contributed by atoms with E-state index in [0.29, 0.717) is 35.9 Å². The van der Waals surface area contributed by atoms with Crippen LogP contribution in [0.2, 0.25) is 0 Å². The molecule has 0 bridgehead atoms. The lowest BCUT2D eigenvalue weighted by Crippen LogP contribution is -2.33. The van der Waals surface area contributed by atoms with E-state index in [0.717, 1.165) is 12.8 Å². The van der Waals surface area contributed by atoms with Crippen LogP contribution in [0.4, 0.5) is 5.00 Å². The minimum absolute atomic E-state index is 0.0196. The number of anilines is 1. The molecule has 1 aromatic rings. The molecule has 2 N–H and O–H groups in total. The van der Waals surface area contributed by atoms with Crippen molar-refractivity contribution in [2.24, 2.45) is 5.92 Å². The number of nitrogens with zero attached hydrogens (tertiary/aromatic N) is 1. The van der Waals surface area contributed by atoms with Gasteiger partial charge in [-0.25, -0.2) is 0 Å². The summed E-state index contributed by atoms with van der Waals surface area (Å²) in [6.07, 6.45) is 2.25. The molecule has 2 aliphatic rings. The number of carbonyl (C=O) groups excluding carboxylic acids is 3. The van der Waals surface area contributed by atoms with Gasteiger partial charge in [0.05, 0.1) is 9.88 Å². The standard InChI is InChI=1S/C14H17N3O3S/c18-11-5-7-17(8-6-15-11)14(20)10-3-4-12(21-10)16-13(19)9-1-2-9/h3-4,9H,1-2,5-8H2,(H,15,18)(H,16,19). The van der Waals surface area contributed by atoms with Crippen molar-refractivity contribution in [3.8, 4) is 0 Å². The highest BCUT2D eigenvalue weighted by Gasteiger charge is 2.30. The van der Waals surface area contributed by atoms with Crippen LogP contribution in [0.15, 0.2) is 12.1 Å². The zero-order valence-corrected chi connectivity index (χ0v) is 12.4. The Labute approximate surface area is 126 Å². The van der Waals surface area contributed by atoms with Crippen LogP contribution in [0.3, 0.4) is 0 Å². The molecule has 3 amide bonds. The van der Waals surface area contributed by atoms with Crippen LogP contribution >= 0.6 is 11.3 Å². The summed E-state index contributed by atoms with van der Waals surface area (Å²) in [6, 6.07) is 3.50. The van der Waals surface area contributed by atoms with E-state index in [1.54, 1.807) is 17.0 Å². The molecule has 2 fully saturated rings. The summed E-state index contributed by atoms with van der Waals surface area (Å²) in [5, 5.41) is 6.30. The van der Waals surface area contributed by atoms with Crippen molar-refractivity contribution >= 4 is 34.1 Å². The Morgan fingerprint density at radius 1 is 1.29 bits per heavy atom. The van der Waals surface area contributed by atoms with Crippen LogP contribution in [0, 0.1) is 5.92 Å². The molecule has 0 aromatic carbocycles. The van der Waals surface area contributed by atoms with Gasteiger partial charge in [-0.2, -0.15) is 0 Å². The SMILES string of the molecule is O=C1CCN(C(=O)c2ccc(NC(=O)C3CC3)s2)CCN1. The molecule has 1 aliphatic carbocycles. The number of amides is 3. The third-order valence-corrected chi connectivity index (χ3v) is 4.60. The lowest BCUT2D eigenvalue weighted by Gasteiger charge is -2.18. The van der Waals surface area contributed by atoms with Gasteiger partial charge in [0.1, 0.15) is 0 Å². The Balaban J connectivity index is 1.62. The van der Waals surface area contributed by atoms with E-state index in [2.05, 4.69) is 10.6 Å². The minimum atomic E-state index is -0.0802. The second kappa shape index (κ2) is 5.85. The third-order valence-electron chi connectivity index (χ3n) is 3.61. The van der Waals surface area contributed by atoms with Crippen molar-refractivity contribution in [1.29, 1.82) is 0 Å². The first-order valence-electron chi connectivity index (χ1n) is 7.10. The van der Waals surface area contributed by atoms with E-state index in [-0.39, 0.29) is 23.6 Å². The summed E-state index contributed by atoms with van der Waals surface area (Å²) in [7, 11) is 0. The lowest BCUT2D eigenvalue weighted by atomic mass is 10.3. The van der Waals surface area contributed by atoms with Crippen LogP contribution in [0.5, 0.6) is 0 Å². The largest absolute Gasteiger partial charge is 0.354 e. The molecule has 1 aromatic heterocycles. The van der Waals surface area contributed by atoms with E-state index < -0.39 is 0 Å². The molecule has 6 nitrogen and oxygen atoms in total. The van der Waals surface area contributed by atoms with Crippen molar-refractivity contribution in [3.05, 3.63) is 17.0 Å². The zero-order chi connectivity index (χ0) is 14.8. The van der Waals surface area contributed by atoms with Gasteiger partial charge in [0.25, 0.3) is 5.91 Å². The lowest BCUT2D eigenvalue weighted by molar-refractivity contribution is -0.120. The van der Waals surface area contributed by atoms with Gasteiger partial charge < -0.3 is 15.5 Å². The summed E-state index contributed by atoms with van der Waals surface area (Å²) in [6.45, 7) is 1.44. The first-order valence-corrected chi connectivity index (χ1v) is 7.92. The molecule has 1 saturated heterocycles. The summed E-state index contributed by atoms with van der Waals surface area (Å²) >= 11 is 1.29. The predicted molar refractivity (Wildman–Crippen MR) is 79.2 cm³/mol. The summed E-state index contributed by atoms with van der Waals surface area (Å²) in [5.41, 5.74) is 0. The fourth-order valence-corrected chi connectivity index (χ4v) is 3.09. The Hall–Kier alpha value is -1.89. The number of rotatable bonds is 3. The van der Waals surface area contributed by atoms with Crippen LogP contribution in [0.1, 0.15) is 28.9 Å². The van der Waals surface area contributed by atoms with Crippen LogP contribution < -0.4 is 10.6 Å². The first kappa shape index (κ1) is 14.1. The van der Waals surface area contributed by atoms with Crippen molar-refractivity contribution in [1.82, 2.24) is 10.2 Å². The molecule has 3 rings (SSSR count). The normalized spacial score (nSPS) is 18.9. The van der Waals surface area contributed by atoms with E-state index >= 15 is 0 Å². The van der Waals surface area contributed by atoms with Gasteiger partial charge in [-0.1, -0.05) is 0 Å². The summed E-state index contributed by atoms with van der Waals surface area (Å²) in [5.74, 6) is 0.0895. The molecule has 1 saturated carbocycles. The van der Waals surface area contributed by atoms with Gasteiger partial charge in [-0.15, -0.1) is 11.3 Å². The Morgan fingerprint density at radius 2 is 2.10 bits per heavy atom. The predicted octanol–water partition coefficient (Wildman–Crippen LogP) is 1.06. The van der Waals surface area contributed by atoms with Gasteiger partial charge in [-0.3, -0.25) is 14.4 Å². The smallest absolute Gasteiger partial charge is 0.264 e. The zero-order valence-electron chi connectivity index (χ0n) is 11.6. The fraction of sp³-hybridized carbons (Fsp3) is 0.500. The van der Waals surface area contributed by atoms with E-state index in [1.165, 1.54) is 11.3 Å². The van der Waals surface area contributed by atoms with Crippen molar-refractivity contribution in [2.75, 3.05) is 25.0 Å². The second-order valence-electron chi connectivity index (χ2n) is 5.32. The maximum absolute atomic E-state index is 12.4. The average molecular weight is 307 g/mol. The number of thiophene rings is 1. The maximum Gasteiger partial charge on any atom is 0.264 e. The monoisotopic (exact) mass is 307 g/mol. The molecular formula is C14H17N3O3S. The Morgan fingerprint density at radius 3 is 2.86 bits per heavy atom. The van der Waals surface area contributed by atoms with Gasteiger partial charge in [-0.05, 0) is 25.0 Å². The number of carbonyl (C=O) groups is 3. The topological polar surface area (TPSA) is 78.5 Å². The van der Waals surface area contributed by atoms with E-state index in [9.17, 15) is 14.4 Å². The number of hydrogen-bond donors (Lipinski definition) is 2. The average Bonchev–Trinajstić information content (AvgIpc) is 3.25. The van der Waals surface area contributed by atoms with Crippen molar-refractivity contribution < 1.29 is 14.4 Å². The minimum Gasteiger partial charge on any atom is -0.354 e. The molecule has 0 spiro atoms. The van der Waals surface area contributed by atoms with Crippen LogP contribution in [-0.4, -0.2) is 42.3 Å². The molecule has 2 heterocycles. The fourth-order valence-electron chi connectivity index (χ4n) is 2.21. The first-order chi connectivity index (χ1) is 10.1. The number of hydrogen-bond acceptors (Lipinski definition) is 4. The highest BCUT2D eigenvalue weighted by molar-refractivity contribution is 7.18. The summed E-state index contributed by atoms with van der Waals surface area (Å²) < 4.78 is 0. The van der Waals surface area contributed by atoms with E-state index in [4.69, 9.17) is 0 Å². The third kappa shape index (κ3) is 3.41. The number of nitrogens with one attached hydrogen (secondary N) is 2. The molecule has 7 heteroatoms. The Bertz CT molecular complexity index is 580. The molecule has 112 valence electrons. The van der Waals surface area contributed by atoms with Crippen molar-refractivity contribution in [3.63, 3.8) is 0 Å². The highest BCUT2D eigenvalue weighted by Crippen LogP contribution is 2.31. The molecule has 0 radical (unpaired) electrons. The van der Waals surface area contributed by atoms with Gasteiger partial charge in [0.2, 0.25) is 11.8 Å². The maximum atomic E-state index is 12.4. The molecular weight excluding hydrogens is 290 g/mol. The quantitative estimate of drug-likeness (QED) is 0.876. The molecule has 21 heavy (non-hydrogen) atoms. The van der Waals surface area contributed by atoms with Gasteiger partial charge in [0.15, 0.2) is 0 Å². The molecule has 0 unspecified atom stereocenters. The second-order valence-corrected chi connectivity index (χ2v) is 6.40. The Kier molecular flexibility index (Phi) is 3.92. The van der Waals surface area contributed by atoms with Crippen molar-refractivity contribution in [2.45, 2.75) is 19.3 Å². The van der Waals surface area contributed by atoms with Gasteiger partial charge in [0, 0.05) is 32.0 Å².